The maximum absolute atomic E-state index is 12.1. The van der Waals surface area contributed by atoms with Crippen molar-refractivity contribution in [3.63, 3.8) is 0 Å². The van der Waals surface area contributed by atoms with Gasteiger partial charge in [-0.15, -0.1) is 0 Å². The molecule has 3 rings (SSSR count). The average molecular weight is 336 g/mol. The molecule has 1 amide bonds. The Balaban J connectivity index is 1.66. The number of ether oxygens (including phenoxy) is 1. The monoisotopic (exact) mass is 335 g/mol. The number of nitrogens with one attached hydrogen (secondary N) is 1. The topological polar surface area (TPSA) is 58.2 Å². The molecule has 6 heteroatoms. The third-order valence-corrected chi connectivity index (χ3v) is 4.42. The number of likely N-dealkylation sites (tertiary alicyclic amines) is 1. The molecule has 0 atom stereocenters. The molecule has 0 aliphatic carbocycles. The Kier molecular flexibility index (Phi) is 4.23. The fourth-order valence-electron chi connectivity index (χ4n) is 2.93. The van der Waals surface area contributed by atoms with Crippen molar-refractivity contribution in [2.24, 2.45) is 0 Å². The number of carbonyl (C=O) groups excluding carboxylic acids is 1. The molecule has 3 heterocycles. The quantitative estimate of drug-likeness (QED) is 0.843. The molecule has 0 aromatic carbocycles. The first-order chi connectivity index (χ1) is 10.8. The summed E-state index contributed by atoms with van der Waals surface area (Å²) >= 11 is 6.21. The Hall–Kier alpha value is -1.75. The highest BCUT2D eigenvalue weighted by Gasteiger charge is 2.28. The van der Waals surface area contributed by atoms with Gasteiger partial charge < -0.3 is 14.6 Å². The predicted octanol–water partition coefficient (Wildman–Crippen LogP) is 4.33. The second-order valence-electron chi connectivity index (χ2n) is 7.02. The SMILES string of the molecule is CC(C)(C)OC(=O)N1CCC(c2cc3c(Cl)ccnc3[nH]2)CC1. The third-order valence-electron chi connectivity index (χ3n) is 4.09. The van der Waals surface area contributed by atoms with Gasteiger partial charge in [-0.05, 0) is 45.7 Å². The number of carbonyl (C=O) groups is 1. The number of pyridine rings is 1. The lowest BCUT2D eigenvalue weighted by Gasteiger charge is -2.33. The summed E-state index contributed by atoms with van der Waals surface area (Å²) in [5, 5.41) is 1.67. The molecular formula is C17H22ClN3O2. The van der Waals surface area contributed by atoms with Crippen LogP contribution in [0.5, 0.6) is 0 Å². The minimum Gasteiger partial charge on any atom is -0.444 e. The number of halogens is 1. The van der Waals surface area contributed by atoms with E-state index in [4.69, 9.17) is 16.3 Å². The van der Waals surface area contributed by atoms with Crippen LogP contribution in [0.1, 0.15) is 45.2 Å². The predicted molar refractivity (Wildman–Crippen MR) is 90.9 cm³/mol. The minimum atomic E-state index is -0.451. The first-order valence-electron chi connectivity index (χ1n) is 7.94. The lowest BCUT2D eigenvalue weighted by Crippen LogP contribution is -2.41. The minimum absolute atomic E-state index is 0.225. The van der Waals surface area contributed by atoms with Crippen molar-refractivity contribution in [2.45, 2.75) is 45.1 Å². The lowest BCUT2D eigenvalue weighted by atomic mass is 9.94. The molecule has 124 valence electrons. The Labute approximate surface area is 141 Å². The number of aromatic amines is 1. The van der Waals surface area contributed by atoms with E-state index in [0.29, 0.717) is 24.0 Å². The van der Waals surface area contributed by atoms with Gasteiger partial charge in [-0.3, -0.25) is 0 Å². The molecule has 0 saturated carbocycles. The van der Waals surface area contributed by atoms with Gasteiger partial charge in [0.05, 0.1) is 5.02 Å². The molecule has 0 unspecified atom stereocenters. The molecule has 23 heavy (non-hydrogen) atoms. The maximum Gasteiger partial charge on any atom is 0.410 e. The van der Waals surface area contributed by atoms with Crippen molar-refractivity contribution >= 4 is 28.7 Å². The summed E-state index contributed by atoms with van der Waals surface area (Å²) in [5.74, 6) is 0.388. The Morgan fingerprint density at radius 2 is 2.09 bits per heavy atom. The Bertz CT molecular complexity index is 712. The summed E-state index contributed by atoms with van der Waals surface area (Å²) in [4.78, 5) is 21.6. The number of hydrogen-bond acceptors (Lipinski definition) is 3. The van der Waals surface area contributed by atoms with Crippen molar-refractivity contribution < 1.29 is 9.53 Å². The van der Waals surface area contributed by atoms with Crippen molar-refractivity contribution in [2.75, 3.05) is 13.1 Å². The number of nitrogens with zero attached hydrogens (tertiary/aromatic N) is 2. The average Bonchev–Trinajstić information content (AvgIpc) is 2.91. The van der Waals surface area contributed by atoms with Crippen molar-refractivity contribution in [3.05, 3.63) is 29.0 Å². The van der Waals surface area contributed by atoms with Gasteiger partial charge in [0.25, 0.3) is 0 Å². The van der Waals surface area contributed by atoms with Crippen LogP contribution in [0.15, 0.2) is 18.3 Å². The Morgan fingerprint density at radius 1 is 1.39 bits per heavy atom. The van der Waals surface area contributed by atoms with E-state index in [-0.39, 0.29) is 6.09 Å². The van der Waals surface area contributed by atoms with Gasteiger partial charge in [0, 0.05) is 36.3 Å². The molecule has 0 bridgehead atoms. The van der Waals surface area contributed by atoms with Gasteiger partial charge in [-0.25, -0.2) is 9.78 Å². The number of hydrogen-bond donors (Lipinski definition) is 1. The summed E-state index contributed by atoms with van der Waals surface area (Å²) in [6.45, 7) is 7.07. The van der Waals surface area contributed by atoms with Crippen molar-refractivity contribution in [1.82, 2.24) is 14.9 Å². The second kappa shape index (κ2) is 6.04. The van der Waals surface area contributed by atoms with E-state index in [1.807, 2.05) is 20.8 Å². The Morgan fingerprint density at radius 3 is 2.70 bits per heavy atom. The summed E-state index contributed by atoms with van der Waals surface area (Å²) in [5.41, 5.74) is 1.51. The van der Waals surface area contributed by atoms with Gasteiger partial charge in [0.15, 0.2) is 0 Å². The van der Waals surface area contributed by atoms with Gasteiger partial charge in [0.1, 0.15) is 11.2 Å². The van der Waals surface area contributed by atoms with Gasteiger partial charge in [0.2, 0.25) is 0 Å². The van der Waals surface area contributed by atoms with E-state index in [2.05, 4.69) is 16.0 Å². The van der Waals surface area contributed by atoms with Crippen molar-refractivity contribution in [3.8, 4) is 0 Å². The number of fused-ring (bicyclic) bond motifs is 1. The highest BCUT2D eigenvalue weighted by Crippen LogP contribution is 2.32. The van der Waals surface area contributed by atoms with Crippen LogP contribution in [0.4, 0.5) is 4.79 Å². The summed E-state index contributed by atoms with van der Waals surface area (Å²) < 4.78 is 5.43. The van der Waals surface area contributed by atoms with Crippen LogP contribution in [-0.4, -0.2) is 39.7 Å². The largest absolute Gasteiger partial charge is 0.444 e. The van der Waals surface area contributed by atoms with Crippen molar-refractivity contribution in [1.29, 1.82) is 0 Å². The molecule has 2 aromatic heterocycles. The lowest BCUT2D eigenvalue weighted by molar-refractivity contribution is 0.0204. The molecule has 1 N–H and O–H groups in total. The molecule has 0 spiro atoms. The standard InChI is InChI=1S/C17H22ClN3O2/c1-17(2,3)23-16(22)21-8-5-11(6-9-21)14-10-12-13(18)4-7-19-15(12)20-14/h4,7,10-11H,5-6,8-9H2,1-3H3,(H,19,20). The first kappa shape index (κ1) is 16.1. The molecule has 1 aliphatic rings. The third kappa shape index (κ3) is 3.61. The van der Waals surface area contributed by atoms with Crippen LogP contribution in [0.3, 0.4) is 0 Å². The smallest absolute Gasteiger partial charge is 0.410 e. The molecule has 1 aliphatic heterocycles. The molecule has 1 saturated heterocycles. The molecular weight excluding hydrogens is 314 g/mol. The van der Waals surface area contributed by atoms with E-state index in [0.717, 1.165) is 29.6 Å². The highest BCUT2D eigenvalue weighted by molar-refractivity contribution is 6.35. The zero-order valence-electron chi connectivity index (χ0n) is 13.7. The second-order valence-corrected chi connectivity index (χ2v) is 7.43. The van der Waals surface area contributed by atoms with Crippen LogP contribution in [0.25, 0.3) is 11.0 Å². The number of H-pyrrole nitrogens is 1. The summed E-state index contributed by atoms with van der Waals surface area (Å²) in [6, 6.07) is 3.88. The van der Waals surface area contributed by atoms with Crippen LogP contribution in [0.2, 0.25) is 5.02 Å². The van der Waals surface area contributed by atoms with Crippen LogP contribution < -0.4 is 0 Å². The summed E-state index contributed by atoms with van der Waals surface area (Å²) in [7, 11) is 0. The van der Waals surface area contributed by atoms with E-state index < -0.39 is 5.60 Å². The number of piperidine rings is 1. The first-order valence-corrected chi connectivity index (χ1v) is 8.32. The van der Waals surface area contributed by atoms with Gasteiger partial charge in [-0.2, -0.15) is 0 Å². The normalized spacial score (nSPS) is 16.8. The molecule has 2 aromatic rings. The van der Waals surface area contributed by atoms with E-state index in [1.165, 1.54) is 0 Å². The fourth-order valence-corrected chi connectivity index (χ4v) is 3.13. The number of aromatic nitrogens is 2. The van der Waals surface area contributed by atoms with Gasteiger partial charge in [-0.1, -0.05) is 11.6 Å². The van der Waals surface area contributed by atoms with E-state index in [9.17, 15) is 4.79 Å². The maximum atomic E-state index is 12.1. The molecule has 1 fully saturated rings. The van der Waals surface area contributed by atoms with Crippen LogP contribution >= 0.6 is 11.6 Å². The van der Waals surface area contributed by atoms with Gasteiger partial charge >= 0.3 is 6.09 Å². The van der Waals surface area contributed by atoms with Crippen LogP contribution in [-0.2, 0) is 4.74 Å². The van der Waals surface area contributed by atoms with E-state index >= 15 is 0 Å². The number of rotatable bonds is 1. The zero-order chi connectivity index (χ0) is 16.6. The summed E-state index contributed by atoms with van der Waals surface area (Å²) in [6.07, 6.45) is 3.29. The fraction of sp³-hybridized carbons (Fsp3) is 0.529. The zero-order valence-corrected chi connectivity index (χ0v) is 14.5. The highest BCUT2D eigenvalue weighted by atomic mass is 35.5. The van der Waals surface area contributed by atoms with E-state index in [1.54, 1.807) is 17.2 Å². The number of amides is 1. The van der Waals surface area contributed by atoms with Crippen LogP contribution in [0, 0.1) is 0 Å². The molecule has 0 radical (unpaired) electrons. The molecule has 5 nitrogen and oxygen atoms in total.